The average molecular weight is 252 g/mol. The summed E-state index contributed by atoms with van der Waals surface area (Å²) in [5.41, 5.74) is 5.40. The Labute approximate surface area is 115 Å². The van der Waals surface area contributed by atoms with E-state index in [1.807, 2.05) is 50.2 Å². The lowest BCUT2D eigenvalue weighted by Gasteiger charge is -2.14. The molecule has 2 aromatic carbocycles. The van der Waals surface area contributed by atoms with Crippen molar-refractivity contribution >= 4 is 5.78 Å². The third kappa shape index (κ3) is 2.76. The van der Waals surface area contributed by atoms with Gasteiger partial charge in [-0.25, -0.2) is 0 Å². The Morgan fingerprint density at radius 3 is 2.11 bits per heavy atom. The molecule has 0 spiro atoms. The van der Waals surface area contributed by atoms with Crippen molar-refractivity contribution in [3.8, 4) is 0 Å². The summed E-state index contributed by atoms with van der Waals surface area (Å²) in [7, 11) is 0. The Hall–Kier alpha value is -1.89. The second-order valence-corrected chi connectivity index (χ2v) is 5.25. The molecule has 1 atom stereocenters. The van der Waals surface area contributed by atoms with E-state index in [2.05, 4.69) is 19.9 Å². The molecule has 0 amide bonds. The zero-order chi connectivity index (χ0) is 14.0. The summed E-state index contributed by atoms with van der Waals surface area (Å²) in [6.45, 7) is 8.12. The highest BCUT2D eigenvalue weighted by Crippen LogP contribution is 2.24. The first-order valence-electron chi connectivity index (χ1n) is 6.67. The lowest BCUT2D eigenvalue weighted by atomic mass is 9.88. The molecule has 1 unspecified atom stereocenters. The van der Waals surface area contributed by atoms with Crippen LogP contribution in [0.25, 0.3) is 0 Å². The topological polar surface area (TPSA) is 17.1 Å². The van der Waals surface area contributed by atoms with Crippen molar-refractivity contribution in [2.45, 2.75) is 33.6 Å². The molecule has 2 aromatic rings. The highest BCUT2D eigenvalue weighted by molar-refractivity contribution is 6.02. The number of hydrogen-bond donors (Lipinski definition) is 0. The molecule has 1 nitrogen and oxygen atoms in total. The van der Waals surface area contributed by atoms with Crippen LogP contribution in [-0.2, 0) is 0 Å². The van der Waals surface area contributed by atoms with Gasteiger partial charge >= 0.3 is 0 Å². The quantitative estimate of drug-likeness (QED) is 0.730. The van der Waals surface area contributed by atoms with Crippen molar-refractivity contribution in [2.24, 2.45) is 0 Å². The molecule has 0 aromatic heterocycles. The van der Waals surface area contributed by atoms with E-state index in [0.717, 1.165) is 16.7 Å². The largest absolute Gasteiger partial charge is 0.293 e. The first-order chi connectivity index (χ1) is 9.00. The molecular formula is C18H20O. The minimum atomic E-state index is -0.0954. The van der Waals surface area contributed by atoms with Crippen LogP contribution in [-0.4, -0.2) is 5.78 Å². The fourth-order valence-electron chi connectivity index (χ4n) is 2.35. The Balaban J connectivity index is 2.37. The van der Waals surface area contributed by atoms with E-state index in [1.165, 1.54) is 11.1 Å². The normalized spacial score (nSPS) is 12.2. The number of ketones is 1. The van der Waals surface area contributed by atoms with Crippen LogP contribution in [0.2, 0.25) is 0 Å². The molecule has 0 aliphatic heterocycles. The molecular weight excluding hydrogens is 232 g/mol. The van der Waals surface area contributed by atoms with E-state index >= 15 is 0 Å². The number of carbonyl (C=O) groups is 1. The van der Waals surface area contributed by atoms with E-state index in [0.29, 0.717) is 0 Å². The van der Waals surface area contributed by atoms with Crippen LogP contribution in [0.1, 0.15) is 45.5 Å². The van der Waals surface area contributed by atoms with Crippen LogP contribution in [0.15, 0.2) is 42.5 Å². The third-order valence-electron chi connectivity index (χ3n) is 3.80. The minimum absolute atomic E-state index is 0.0954. The van der Waals surface area contributed by atoms with Gasteiger partial charge in [-0.05, 0) is 49.1 Å². The predicted octanol–water partition coefficient (Wildman–Crippen LogP) is 4.60. The summed E-state index contributed by atoms with van der Waals surface area (Å²) < 4.78 is 0. The number of Topliss-reactive ketones (excluding diaryl/α,β-unsaturated/α-hetero) is 1. The fourth-order valence-corrected chi connectivity index (χ4v) is 2.35. The van der Waals surface area contributed by atoms with Gasteiger partial charge in [0.2, 0.25) is 0 Å². The van der Waals surface area contributed by atoms with E-state index in [-0.39, 0.29) is 11.7 Å². The summed E-state index contributed by atoms with van der Waals surface area (Å²) in [5, 5.41) is 0. The maximum atomic E-state index is 12.6. The van der Waals surface area contributed by atoms with Crippen LogP contribution in [0.5, 0.6) is 0 Å². The molecule has 0 aliphatic rings. The van der Waals surface area contributed by atoms with Crippen molar-refractivity contribution in [3.63, 3.8) is 0 Å². The molecule has 0 saturated heterocycles. The first kappa shape index (κ1) is 13.5. The molecule has 19 heavy (non-hydrogen) atoms. The number of hydrogen-bond acceptors (Lipinski definition) is 1. The summed E-state index contributed by atoms with van der Waals surface area (Å²) in [4.78, 5) is 12.6. The molecule has 1 heteroatoms. The van der Waals surface area contributed by atoms with Crippen molar-refractivity contribution < 1.29 is 4.79 Å². The van der Waals surface area contributed by atoms with E-state index in [1.54, 1.807) is 0 Å². The van der Waals surface area contributed by atoms with Gasteiger partial charge in [0.05, 0.1) is 0 Å². The van der Waals surface area contributed by atoms with Crippen molar-refractivity contribution in [1.82, 2.24) is 0 Å². The first-order valence-corrected chi connectivity index (χ1v) is 6.67. The second kappa shape index (κ2) is 5.40. The van der Waals surface area contributed by atoms with Gasteiger partial charge in [-0.2, -0.15) is 0 Å². The molecule has 0 radical (unpaired) electrons. The highest BCUT2D eigenvalue weighted by atomic mass is 16.1. The Kier molecular flexibility index (Phi) is 3.84. The summed E-state index contributed by atoms with van der Waals surface area (Å²) in [6.07, 6.45) is 0. The van der Waals surface area contributed by atoms with Gasteiger partial charge in [0, 0.05) is 11.5 Å². The van der Waals surface area contributed by atoms with Gasteiger partial charge in [0.1, 0.15) is 0 Å². The molecule has 0 N–H and O–H groups in total. The van der Waals surface area contributed by atoms with Gasteiger partial charge in [0.25, 0.3) is 0 Å². The van der Waals surface area contributed by atoms with Crippen molar-refractivity contribution in [1.29, 1.82) is 0 Å². The lowest BCUT2D eigenvalue weighted by molar-refractivity contribution is 0.0965. The molecule has 0 heterocycles. The van der Waals surface area contributed by atoms with Gasteiger partial charge in [0.15, 0.2) is 5.78 Å². The second-order valence-electron chi connectivity index (χ2n) is 5.25. The summed E-state index contributed by atoms with van der Waals surface area (Å²) in [5.74, 6) is 0.105. The van der Waals surface area contributed by atoms with Gasteiger partial charge in [-0.1, -0.05) is 43.3 Å². The van der Waals surface area contributed by atoms with Crippen LogP contribution in [0, 0.1) is 20.8 Å². The molecule has 0 aliphatic carbocycles. The smallest absolute Gasteiger partial charge is 0.170 e. The van der Waals surface area contributed by atoms with Crippen LogP contribution < -0.4 is 0 Å². The molecule has 0 saturated carbocycles. The lowest BCUT2D eigenvalue weighted by Crippen LogP contribution is -2.11. The van der Waals surface area contributed by atoms with Gasteiger partial charge in [-0.15, -0.1) is 0 Å². The van der Waals surface area contributed by atoms with Crippen molar-refractivity contribution in [2.75, 3.05) is 0 Å². The van der Waals surface area contributed by atoms with Crippen LogP contribution in [0.3, 0.4) is 0 Å². The predicted molar refractivity (Wildman–Crippen MR) is 79.8 cm³/mol. The fraction of sp³-hybridized carbons (Fsp3) is 0.278. The maximum absolute atomic E-state index is 12.6. The van der Waals surface area contributed by atoms with Crippen LogP contribution >= 0.6 is 0 Å². The summed E-state index contributed by atoms with van der Waals surface area (Å²) in [6, 6.07) is 14.1. The molecule has 98 valence electrons. The zero-order valence-corrected chi connectivity index (χ0v) is 12.0. The van der Waals surface area contributed by atoms with E-state index in [4.69, 9.17) is 0 Å². The highest BCUT2D eigenvalue weighted by Gasteiger charge is 2.19. The Morgan fingerprint density at radius 2 is 1.47 bits per heavy atom. The SMILES string of the molecule is Cc1cc(C)c(C(=O)C(C)c2ccccc2)cc1C. The van der Waals surface area contributed by atoms with E-state index in [9.17, 15) is 4.79 Å². The monoisotopic (exact) mass is 252 g/mol. The van der Waals surface area contributed by atoms with Crippen molar-refractivity contribution in [3.05, 3.63) is 70.3 Å². The Bertz CT molecular complexity index is 597. The molecule has 0 bridgehead atoms. The zero-order valence-electron chi connectivity index (χ0n) is 12.0. The number of aryl methyl sites for hydroxylation is 3. The average Bonchev–Trinajstić information content (AvgIpc) is 2.42. The number of rotatable bonds is 3. The molecule has 0 fully saturated rings. The maximum Gasteiger partial charge on any atom is 0.170 e. The third-order valence-corrected chi connectivity index (χ3v) is 3.80. The van der Waals surface area contributed by atoms with Gasteiger partial charge in [-0.3, -0.25) is 4.79 Å². The standard InChI is InChI=1S/C18H20O/c1-12-10-14(3)17(11-13(12)2)18(19)15(4)16-8-6-5-7-9-16/h5-11,15H,1-4H3. The van der Waals surface area contributed by atoms with E-state index < -0.39 is 0 Å². The number of carbonyl (C=O) groups excluding carboxylic acids is 1. The van der Waals surface area contributed by atoms with Gasteiger partial charge < -0.3 is 0 Å². The molecule has 2 rings (SSSR count). The summed E-state index contributed by atoms with van der Waals surface area (Å²) >= 11 is 0. The Morgan fingerprint density at radius 1 is 0.895 bits per heavy atom. The minimum Gasteiger partial charge on any atom is -0.293 e. The number of benzene rings is 2. The van der Waals surface area contributed by atoms with Crippen LogP contribution in [0.4, 0.5) is 0 Å².